The van der Waals surface area contributed by atoms with Crippen LogP contribution in [0, 0.1) is 0 Å². The van der Waals surface area contributed by atoms with Crippen LogP contribution in [-0.2, 0) is 16.0 Å². The van der Waals surface area contributed by atoms with Gasteiger partial charge in [-0.2, -0.15) is 0 Å². The number of carboxylic acids is 1. The van der Waals surface area contributed by atoms with Crippen LogP contribution in [0.2, 0.25) is 0 Å². The number of carboxylic acid groups (broad SMARTS) is 1. The number of nitrogens with one attached hydrogen (secondary N) is 1. The van der Waals surface area contributed by atoms with Crippen molar-refractivity contribution in [3.05, 3.63) is 29.8 Å². The second-order valence-corrected chi connectivity index (χ2v) is 4.34. The van der Waals surface area contributed by atoms with E-state index in [9.17, 15) is 14.7 Å². The van der Waals surface area contributed by atoms with Crippen LogP contribution in [0.5, 0.6) is 5.75 Å². The molecule has 18 heavy (non-hydrogen) atoms. The number of carbonyl (C=O) groups excluding carboxylic acids is 1. The molecule has 0 aliphatic rings. The minimum Gasteiger partial charge on any atom is -0.497 e. The Labute approximate surface area is 106 Å². The summed E-state index contributed by atoms with van der Waals surface area (Å²) < 4.78 is 5.03. The van der Waals surface area contributed by atoms with Gasteiger partial charge in [0.1, 0.15) is 11.3 Å². The monoisotopic (exact) mass is 251 g/mol. The smallest absolute Gasteiger partial charge is 0.329 e. The highest BCUT2D eigenvalue weighted by Gasteiger charge is 2.34. The molecular formula is C13H17NO4. The molecule has 0 fully saturated rings. The number of rotatable bonds is 5. The topological polar surface area (TPSA) is 75.6 Å². The summed E-state index contributed by atoms with van der Waals surface area (Å²) in [4.78, 5) is 22.3. The summed E-state index contributed by atoms with van der Waals surface area (Å²) in [5.41, 5.74) is -0.491. The molecule has 0 unspecified atom stereocenters. The molecule has 5 heteroatoms. The van der Waals surface area contributed by atoms with E-state index < -0.39 is 11.5 Å². The maximum Gasteiger partial charge on any atom is 0.329 e. The van der Waals surface area contributed by atoms with Crippen molar-refractivity contribution in [2.24, 2.45) is 0 Å². The van der Waals surface area contributed by atoms with Gasteiger partial charge < -0.3 is 15.2 Å². The predicted octanol–water partition coefficient (Wildman–Crippen LogP) is 1.22. The Kier molecular flexibility index (Phi) is 4.31. The van der Waals surface area contributed by atoms with Crippen molar-refractivity contribution in [3.63, 3.8) is 0 Å². The van der Waals surface area contributed by atoms with Crippen LogP contribution in [0.25, 0.3) is 0 Å². The lowest BCUT2D eigenvalue weighted by atomic mass is 9.92. The van der Waals surface area contributed by atoms with E-state index in [1.165, 1.54) is 13.8 Å². The van der Waals surface area contributed by atoms with E-state index >= 15 is 0 Å². The molecular weight excluding hydrogens is 234 g/mol. The highest BCUT2D eigenvalue weighted by molar-refractivity contribution is 5.85. The molecule has 0 saturated carbocycles. The summed E-state index contributed by atoms with van der Waals surface area (Å²) in [5, 5.41) is 11.7. The van der Waals surface area contributed by atoms with Gasteiger partial charge in [-0.25, -0.2) is 4.79 Å². The zero-order chi connectivity index (χ0) is 13.8. The Bertz CT molecular complexity index is 441. The molecule has 1 amide bonds. The summed E-state index contributed by atoms with van der Waals surface area (Å²) in [6.07, 6.45) is 0.214. The Balaban J connectivity index is 2.89. The molecule has 0 radical (unpaired) electrons. The van der Waals surface area contributed by atoms with Crippen LogP contribution in [0.1, 0.15) is 19.4 Å². The van der Waals surface area contributed by atoms with Crippen molar-refractivity contribution < 1.29 is 19.4 Å². The maximum atomic E-state index is 11.2. The molecule has 1 aromatic rings. The number of methoxy groups -OCH3 is 1. The largest absolute Gasteiger partial charge is 0.497 e. The number of amides is 1. The maximum absolute atomic E-state index is 11.2. The first-order chi connectivity index (χ1) is 8.37. The molecule has 0 aromatic heterocycles. The highest BCUT2D eigenvalue weighted by atomic mass is 16.5. The molecule has 0 bridgehead atoms. The lowest BCUT2D eigenvalue weighted by Gasteiger charge is -2.25. The molecule has 98 valence electrons. The van der Waals surface area contributed by atoms with Gasteiger partial charge in [0.05, 0.1) is 7.11 Å². The molecule has 0 aliphatic carbocycles. The number of benzene rings is 1. The van der Waals surface area contributed by atoms with Gasteiger partial charge in [-0.15, -0.1) is 0 Å². The Morgan fingerprint density at radius 1 is 1.33 bits per heavy atom. The van der Waals surface area contributed by atoms with Gasteiger partial charge in [0.2, 0.25) is 5.91 Å². The van der Waals surface area contributed by atoms with Crippen molar-refractivity contribution in [1.82, 2.24) is 5.32 Å². The van der Waals surface area contributed by atoms with Crippen LogP contribution < -0.4 is 10.1 Å². The first kappa shape index (κ1) is 14.0. The van der Waals surface area contributed by atoms with Gasteiger partial charge in [0.15, 0.2) is 0 Å². The van der Waals surface area contributed by atoms with Crippen molar-refractivity contribution in [2.75, 3.05) is 7.11 Å². The normalized spacial score (nSPS) is 13.5. The molecule has 0 aliphatic heterocycles. The second kappa shape index (κ2) is 5.53. The number of ether oxygens (including phenoxy) is 1. The molecule has 0 saturated heterocycles. The second-order valence-electron chi connectivity index (χ2n) is 4.34. The Hall–Kier alpha value is -2.04. The van der Waals surface area contributed by atoms with Crippen LogP contribution in [-0.4, -0.2) is 29.6 Å². The third kappa shape index (κ3) is 3.48. The van der Waals surface area contributed by atoms with Gasteiger partial charge >= 0.3 is 5.97 Å². The lowest BCUT2D eigenvalue weighted by molar-refractivity contribution is -0.146. The fraction of sp³-hybridized carbons (Fsp3) is 0.385. The average molecular weight is 251 g/mol. The summed E-state index contributed by atoms with van der Waals surface area (Å²) in [6.45, 7) is 2.79. The third-order valence-corrected chi connectivity index (χ3v) is 2.64. The summed E-state index contributed by atoms with van der Waals surface area (Å²) in [6, 6.07) is 7.07. The van der Waals surface area contributed by atoms with Gasteiger partial charge in [0, 0.05) is 13.3 Å². The third-order valence-electron chi connectivity index (χ3n) is 2.64. The van der Waals surface area contributed by atoms with E-state index in [4.69, 9.17) is 4.74 Å². The van der Waals surface area contributed by atoms with Crippen molar-refractivity contribution in [2.45, 2.75) is 25.8 Å². The van der Waals surface area contributed by atoms with E-state index in [2.05, 4.69) is 5.32 Å². The predicted molar refractivity (Wildman–Crippen MR) is 66.6 cm³/mol. The van der Waals surface area contributed by atoms with E-state index in [-0.39, 0.29) is 12.3 Å². The van der Waals surface area contributed by atoms with Crippen LogP contribution >= 0.6 is 0 Å². The first-order valence-electron chi connectivity index (χ1n) is 5.52. The van der Waals surface area contributed by atoms with E-state index in [0.717, 1.165) is 5.56 Å². The minimum atomic E-state index is -1.31. The molecule has 1 aromatic carbocycles. The van der Waals surface area contributed by atoms with Gasteiger partial charge in [-0.1, -0.05) is 12.1 Å². The Morgan fingerprint density at radius 3 is 2.28 bits per heavy atom. The summed E-state index contributed by atoms with van der Waals surface area (Å²) in [7, 11) is 1.56. The van der Waals surface area contributed by atoms with Crippen LogP contribution in [0.3, 0.4) is 0 Å². The molecule has 2 N–H and O–H groups in total. The molecule has 5 nitrogen and oxygen atoms in total. The molecule has 0 heterocycles. The fourth-order valence-corrected chi connectivity index (χ4v) is 1.71. The standard InChI is InChI=1S/C13H17NO4/c1-9(15)14-13(2,12(16)17)8-10-4-6-11(18-3)7-5-10/h4-7H,8H2,1-3H3,(H,14,15)(H,16,17)/t13-/m1/s1. The molecule has 1 atom stereocenters. The van der Waals surface area contributed by atoms with Crippen LogP contribution in [0.15, 0.2) is 24.3 Å². The Morgan fingerprint density at radius 2 is 1.89 bits per heavy atom. The quantitative estimate of drug-likeness (QED) is 0.825. The SMILES string of the molecule is COc1ccc(C[C@@](C)(NC(C)=O)C(=O)O)cc1. The average Bonchev–Trinajstić information content (AvgIpc) is 2.28. The van der Waals surface area contributed by atoms with E-state index in [1.54, 1.807) is 31.4 Å². The number of carbonyl (C=O) groups is 2. The lowest BCUT2D eigenvalue weighted by Crippen LogP contribution is -2.53. The number of hydrogen-bond acceptors (Lipinski definition) is 3. The van der Waals surface area contributed by atoms with Crippen molar-refractivity contribution >= 4 is 11.9 Å². The van der Waals surface area contributed by atoms with Crippen molar-refractivity contribution in [1.29, 1.82) is 0 Å². The summed E-state index contributed by atoms with van der Waals surface area (Å²) in [5.74, 6) is -0.725. The number of hydrogen-bond donors (Lipinski definition) is 2. The van der Waals surface area contributed by atoms with Gasteiger partial charge in [0.25, 0.3) is 0 Å². The van der Waals surface area contributed by atoms with Crippen LogP contribution in [0.4, 0.5) is 0 Å². The fourth-order valence-electron chi connectivity index (χ4n) is 1.71. The van der Waals surface area contributed by atoms with Gasteiger partial charge in [-0.05, 0) is 24.6 Å². The minimum absolute atomic E-state index is 0.214. The number of aliphatic carboxylic acids is 1. The van der Waals surface area contributed by atoms with Crippen molar-refractivity contribution in [3.8, 4) is 5.75 Å². The first-order valence-corrected chi connectivity index (χ1v) is 5.52. The molecule has 0 spiro atoms. The molecule has 1 rings (SSSR count). The highest BCUT2D eigenvalue weighted by Crippen LogP contribution is 2.17. The van der Waals surface area contributed by atoms with Gasteiger partial charge in [-0.3, -0.25) is 4.79 Å². The zero-order valence-corrected chi connectivity index (χ0v) is 10.7. The zero-order valence-electron chi connectivity index (χ0n) is 10.7. The van der Waals surface area contributed by atoms with E-state index in [0.29, 0.717) is 5.75 Å². The van der Waals surface area contributed by atoms with E-state index in [1.807, 2.05) is 0 Å². The summed E-state index contributed by atoms with van der Waals surface area (Å²) >= 11 is 0.